The first-order valence-electron chi connectivity index (χ1n) is 5.16. The summed E-state index contributed by atoms with van der Waals surface area (Å²) >= 11 is 0. The molecule has 1 heterocycles. The minimum Gasteiger partial charge on any atom is -0.383 e. The molecule has 0 atom stereocenters. The predicted octanol–water partition coefficient (Wildman–Crippen LogP) is 0.275. The summed E-state index contributed by atoms with van der Waals surface area (Å²) in [5.41, 5.74) is 2.76. The molecular weight excluding hydrogens is 194 g/mol. The van der Waals surface area contributed by atoms with Crippen LogP contribution in [0.25, 0.3) is 0 Å². The molecule has 0 saturated carbocycles. The number of methoxy groups -OCH3 is 1. The summed E-state index contributed by atoms with van der Waals surface area (Å²) in [6.45, 7) is 1.05. The molecule has 1 amide bonds. The van der Waals surface area contributed by atoms with Gasteiger partial charge in [-0.25, -0.2) is 0 Å². The van der Waals surface area contributed by atoms with Gasteiger partial charge < -0.3 is 10.1 Å². The molecule has 0 radical (unpaired) electrons. The van der Waals surface area contributed by atoms with Gasteiger partial charge in [0, 0.05) is 24.9 Å². The van der Waals surface area contributed by atoms with Crippen molar-refractivity contribution in [2.45, 2.75) is 19.3 Å². The van der Waals surface area contributed by atoms with Crippen LogP contribution in [0.4, 0.5) is 0 Å². The molecule has 1 aromatic heterocycles. The minimum absolute atomic E-state index is 0.105. The molecule has 0 aliphatic heterocycles. The van der Waals surface area contributed by atoms with Crippen LogP contribution < -0.4 is 5.32 Å². The van der Waals surface area contributed by atoms with Crippen LogP contribution in [0, 0.1) is 0 Å². The van der Waals surface area contributed by atoms with Gasteiger partial charge in [0.15, 0.2) is 5.69 Å². The van der Waals surface area contributed by atoms with E-state index in [-0.39, 0.29) is 5.91 Å². The zero-order valence-electron chi connectivity index (χ0n) is 8.80. The first-order chi connectivity index (χ1) is 7.33. The molecule has 1 aliphatic carbocycles. The topological polar surface area (TPSA) is 67.0 Å². The SMILES string of the molecule is COCCNC(=O)c1n[nH]c2c1CCC2. The van der Waals surface area contributed by atoms with Gasteiger partial charge in [0.05, 0.1) is 6.61 Å². The Bertz CT molecular complexity index is 360. The fourth-order valence-electron chi connectivity index (χ4n) is 1.86. The van der Waals surface area contributed by atoms with Crippen molar-refractivity contribution in [1.82, 2.24) is 15.5 Å². The first-order valence-corrected chi connectivity index (χ1v) is 5.16. The van der Waals surface area contributed by atoms with Gasteiger partial charge in [0.1, 0.15) is 0 Å². The molecule has 0 fully saturated rings. The lowest BCUT2D eigenvalue weighted by Crippen LogP contribution is -2.28. The monoisotopic (exact) mass is 209 g/mol. The minimum atomic E-state index is -0.105. The van der Waals surface area contributed by atoms with E-state index in [0.29, 0.717) is 18.8 Å². The number of carbonyl (C=O) groups excluding carboxylic acids is 1. The average Bonchev–Trinajstić information content (AvgIpc) is 2.78. The number of fused-ring (bicyclic) bond motifs is 1. The van der Waals surface area contributed by atoms with Crippen molar-refractivity contribution < 1.29 is 9.53 Å². The highest BCUT2D eigenvalue weighted by atomic mass is 16.5. The standard InChI is InChI=1S/C10H15N3O2/c1-15-6-5-11-10(14)9-7-3-2-4-8(7)12-13-9/h2-6H2,1H3,(H,11,14)(H,12,13). The zero-order chi connectivity index (χ0) is 10.7. The van der Waals surface area contributed by atoms with E-state index in [9.17, 15) is 4.79 Å². The van der Waals surface area contributed by atoms with Crippen molar-refractivity contribution in [3.05, 3.63) is 17.0 Å². The first kappa shape index (κ1) is 10.2. The second-order valence-corrected chi connectivity index (χ2v) is 3.63. The number of nitrogens with zero attached hydrogens (tertiary/aromatic N) is 1. The average molecular weight is 209 g/mol. The van der Waals surface area contributed by atoms with E-state index in [1.54, 1.807) is 7.11 Å². The molecule has 0 saturated heterocycles. The summed E-state index contributed by atoms with van der Waals surface area (Å²) in [4.78, 5) is 11.7. The number of rotatable bonds is 4. The van der Waals surface area contributed by atoms with Gasteiger partial charge in [0.2, 0.25) is 0 Å². The van der Waals surface area contributed by atoms with E-state index < -0.39 is 0 Å². The Hall–Kier alpha value is -1.36. The number of hydrogen-bond donors (Lipinski definition) is 2. The van der Waals surface area contributed by atoms with Gasteiger partial charge in [-0.05, 0) is 19.3 Å². The molecule has 82 valence electrons. The lowest BCUT2D eigenvalue weighted by Gasteiger charge is -2.02. The van der Waals surface area contributed by atoms with Gasteiger partial charge in [-0.1, -0.05) is 0 Å². The number of carbonyl (C=O) groups is 1. The number of aryl methyl sites for hydroxylation is 1. The van der Waals surface area contributed by atoms with Crippen LogP contribution in [0.15, 0.2) is 0 Å². The van der Waals surface area contributed by atoms with Gasteiger partial charge in [-0.2, -0.15) is 5.10 Å². The number of ether oxygens (including phenoxy) is 1. The highest BCUT2D eigenvalue weighted by molar-refractivity contribution is 5.94. The van der Waals surface area contributed by atoms with Crippen LogP contribution in [-0.2, 0) is 17.6 Å². The summed E-state index contributed by atoms with van der Waals surface area (Å²) in [6, 6.07) is 0. The zero-order valence-corrected chi connectivity index (χ0v) is 8.80. The molecule has 5 heteroatoms. The lowest BCUT2D eigenvalue weighted by atomic mass is 10.2. The quantitative estimate of drug-likeness (QED) is 0.700. The van der Waals surface area contributed by atoms with Gasteiger partial charge in [-0.3, -0.25) is 9.89 Å². The van der Waals surface area contributed by atoms with Crippen molar-refractivity contribution in [1.29, 1.82) is 0 Å². The molecule has 1 aromatic rings. The van der Waals surface area contributed by atoms with Crippen molar-refractivity contribution in [3.63, 3.8) is 0 Å². The number of amides is 1. The Morgan fingerprint density at radius 1 is 1.60 bits per heavy atom. The largest absolute Gasteiger partial charge is 0.383 e. The third kappa shape index (κ3) is 2.02. The smallest absolute Gasteiger partial charge is 0.272 e. The normalized spacial score (nSPS) is 13.9. The Morgan fingerprint density at radius 2 is 2.47 bits per heavy atom. The van der Waals surface area contributed by atoms with E-state index in [1.807, 2.05) is 0 Å². The Labute approximate surface area is 88.2 Å². The fourth-order valence-corrected chi connectivity index (χ4v) is 1.86. The maximum atomic E-state index is 11.7. The number of aromatic amines is 1. The van der Waals surface area contributed by atoms with Crippen LogP contribution in [0.3, 0.4) is 0 Å². The second kappa shape index (κ2) is 4.44. The van der Waals surface area contributed by atoms with Gasteiger partial charge in [0.25, 0.3) is 5.91 Å². The molecule has 1 aliphatic rings. The van der Waals surface area contributed by atoms with E-state index in [1.165, 1.54) is 0 Å². The highest BCUT2D eigenvalue weighted by Gasteiger charge is 2.22. The summed E-state index contributed by atoms with van der Waals surface area (Å²) in [5, 5.41) is 9.72. The van der Waals surface area contributed by atoms with Crippen LogP contribution in [-0.4, -0.2) is 36.4 Å². The van der Waals surface area contributed by atoms with Crippen molar-refractivity contribution >= 4 is 5.91 Å². The van der Waals surface area contributed by atoms with Gasteiger partial charge in [-0.15, -0.1) is 0 Å². The third-order valence-corrected chi connectivity index (χ3v) is 2.61. The molecule has 0 bridgehead atoms. The maximum absolute atomic E-state index is 11.7. The molecule has 0 aromatic carbocycles. The van der Waals surface area contributed by atoms with E-state index in [4.69, 9.17) is 4.74 Å². The fraction of sp³-hybridized carbons (Fsp3) is 0.600. The Kier molecular flexibility index (Phi) is 3.01. The van der Waals surface area contributed by atoms with Crippen molar-refractivity contribution in [2.75, 3.05) is 20.3 Å². The van der Waals surface area contributed by atoms with E-state index in [0.717, 1.165) is 30.5 Å². The number of aromatic nitrogens is 2. The maximum Gasteiger partial charge on any atom is 0.272 e. The van der Waals surface area contributed by atoms with Crippen LogP contribution in [0.2, 0.25) is 0 Å². The molecule has 15 heavy (non-hydrogen) atoms. The summed E-state index contributed by atoms with van der Waals surface area (Å²) < 4.78 is 4.86. The Morgan fingerprint density at radius 3 is 3.27 bits per heavy atom. The molecule has 5 nitrogen and oxygen atoms in total. The summed E-state index contributed by atoms with van der Waals surface area (Å²) in [7, 11) is 1.61. The van der Waals surface area contributed by atoms with E-state index >= 15 is 0 Å². The number of H-pyrrole nitrogens is 1. The third-order valence-electron chi connectivity index (χ3n) is 2.61. The predicted molar refractivity (Wildman–Crippen MR) is 54.8 cm³/mol. The second-order valence-electron chi connectivity index (χ2n) is 3.63. The highest BCUT2D eigenvalue weighted by Crippen LogP contribution is 2.22. The lowest BCUT2D eigenvalue weighted by molar-refractivity contribution is 0.0931. The Balaban J connectivity index is 2.00. The molecule has 0 spiro atoms. The van der Waals surface area contributed by atoms with Crippen molar-refractivity contribution in [2.24, 2.45) is 0 Å². The number of hydrogen-bond acceptors (Lipinski definition) is 3. The van der Waals surface area contributed by atoms with Gasteiger partial charge >= 0.3 is 0 Å². The van der Waals surface area contributed by atoms with Crippen LogP contribution in [0.5, 0.6) is 0 Å². The molecular formula is C10H15N3O2. The van der Waals surface area contributed by atoms with Crippen molar-refractivity contribution in [3.8, 4) is 0 Å². The molecule has 2 N–H and O–H groups in total. The molecule has 2 rings (SSSR count). The number of nitrogens with one attached hydrogen (secondary N) is 2. The summed E-state index contributed by atoms with van der Waals surface area (Å²) in [6.07, 6.45) is 3.08. The summed E-state index contributed by atoms with van der Waals surface area (Å²) in [5.74, 6) is -0.105. The van der Waals surface area contributed by atoms with E-state index in [2.05, 4.69) is 15.5 Å². The molecule has 0 unspecified atom stereocenters. The van der Waals surface area contributed by atoms with Crippen LogP contribution >= 0.6 is 0 Å². The van der Waals surface area contributed by atoms with Crippen LogP contribution in [0.1, 0.15) is 28.2 Å².